The molecule has 5 rings (SSSR count). The molecule has 0 aliphatic carbocycles. The minimum absolute atomic E-state index is 0.0521. The van der Waals surface area contributed by atoms with Crippen LogP contribution in [0.3, 0.4) is 0 Å². The highest BCUT2D eigenvalue weighted by atomic mass is 16.2. The van der Waals surface area contributed by atoms with E-state index < -0.39 is 29.7 Å². The number of nitriles is 1. The minimum atomic E-state index is -0.865. The molecule has 1 aliphatic heterocycles. The third kappa shape index (κ3) is 4.30. The number of rotatable bonds is 6. The summed E-state index contributed by atoms with van der Waals surface area (Å²) in [5.41, 5.74) is 0.147. The SMILES string of the molecule is C[C@H]1CCCN1c1ncc(-c2cccc(NC(=O)[C@H](C)n3cnc4c3c(=O)n(CC#N)c(=O)n4C)n2)cn1. The van der Waals surface area contributed by atoms with Crippen LogP contribution in [0, 0.1) is 11.3 Å². The number of imidazole rings is 1. The van der Waals surface area contributed by atoms with E-state index in [-0.39, 0.29) is 11.2 Å². The molecule has 4 aromatic heterocycles. The molecular weight excluding hydrogens is 488 g/mol. The van der Waals surface area contributed by atoms with E-state index in [1.807, 2.05) is 6.07 Å². The van der Waals surface area contributed by atoms with Crippen LogP contribution in [0.4, 0.5) is 11.8 Å². The zero-order chi connectivity index (χ0) is 27.0. The molecule has 1 amide bonds. The summed E-state index contributed by atoms with van der Waals surface area (Å²) in [6.45, 7) is 4.29. The molecular formula is C25H26N10O3. The Bertz CT molecular complexity index is 1680. The number of anilines is 2. The minimum Gasteiger partial charge on any atom is -0.338 e. The van der Waals surface area contributed by atoms with Gasteiger partial charge in [0.2, 0.25) is 11.9 Å². The van der Waals surface area contributed by atoms with Gasteiger partial charge in [0.1, 0.15) is 18.4 Å². The number of amides is 1. The number of nitrogens with zero attached hydrogens (tertiary/aromatic N) is 9. The number of hydrogen-bond donors (Lipinski definition) is 1. The average Bonchev–Trinajstić information content (AvgIpc) is 3.56. The number of hydrogen-bond acceptors (Lipinski definition) is 9. The van der Waals surface area contributed by atoms with E-state index in [1.165, 1.54) is 22.5 Å². The number of aryl methyl sites for hydroxylation is 1. The highest BCUT2D eigenvalue weighted by Gasteiger charge is 2.24. The van der Waals surface area contributed by atoms with Crippen molar-refractivity contribution in [3.05, 3.63) is 57.8 Å². The first-order chi connectivity index (χ1) is 18.3. The molecule has 1 aliphatic rings. The van der Waals surface area contributed by atoms with Gasteiger partial charge in [-0.3, -0.25) is 14.2 Å². The van der Waals surface area contributed by atoms with E-state index in [0.29, 0.717) is 29.1 Å². The molecule has 13 heteroatoms. The summed E-state index contributed by atoms with van der Waals surface area (Å²) in [6, 6.07) is 6.58. The van der Waals surface area contributed by atoms with Gasteiger partial charge in [-0.05, 0) is 38.8 Å². The fraction of sp³-hybridized carbons (Fsp3) is 0.360. The van der Waals surface area contributed by atoms with E-state index in [0.717, 1.165) is 24.0 Å². The first kappa shape index (κ1) is 24.8. The predicted octanol–water partition coefficient (Wildman–Crippen LogP) is 1.46. The van der Waals surface area contributed by atoms with Gasteiger partial charge in [-0.2, -0.15) is 5.26 Å². The number of pyridine rings is 1. The first-order valence-corrected chi connectivity index (χ1v) is 12.2. The average molecular weight is 515 g/mol. The van der Waals surface area contributed by atoms with Gasteiger partial charge in [0.25, 0.3) is 5.56 Å². The van der Waals surface area contributed by atoms with E-state index in [4.69, 9.17) is 5.26 Å². The lowest BCUT2D eigenvalue weighted by Crippen LogP contribution is -2.40. The van der Waals surface area contributed by atoms with Crippen molar-refractivity contribution < 1.29 is 4.79 Å². The summed E-state index contributed by atoms with van der Waals surface area (Å²) in [5.74, 6) is 0.565. The monoisotopic (exact) mass is 514 g/mol. The molecule has 1 saturated heterocycles. The topological polar surface area (TPSA) is 157 Å². The Morgan fingerprint density at radius 1 is 1.24 bits per heavy atom. The maximum Gasteiger partial charge on any atom is 0.333 e. The molecule has 0 spiro atoms. The van der Waals surface area contributed by atoms with Gasteiger partial charge < -0.3 is 14.8 Å². The van der Waals surface area contributed by atoms with Crippen molar-refractivity contribution in [2.75, 3.05) is 16.8 Å². The van der Waals surface area contributed by atoms with Crippen molar-refractivity contribution >= 4 is 28.8 Å². The summed E-state index contributed by atoms with van der Waals surface area (Å²) in [7, 11) is 1.46. The second-order valence-corrected chi connectivity index (χ2v) is 9.24. The smallest absolute Gasteiger partial charge is 0.333 e. The second-order valence-electron chi connectivity index (χ2n) is 9.24. The third-order valence-electron chi connectivity index (χ3n) is 6.83. The molecule has 1 N–H and O–H groups in total. The Morgan fingerprint density at radius 3 is 2.68 bits per heavy atom. The van der Waals surface area contributed by atoms with E-state index in [1.54, 1.807) is 37.5 Å². The maximum absolute atomic E-state index is 13.1. The molecule has 194 valence electrons. The molecule has 0 aromatic carbocycles. The van der Waals surface area contributed by atoms with E-state index in [2.05, 4.69) is 37.1 Å². The van der Waals surface area contributed by atoms with Crippen molar-refractivity contribution in [3.63, 3.8) is 0 Å². The molecule has 13 nitrogen and oxygen atoms in total. The van der Waals surface area contributed by atoms with Crippen LogP contribution < -0.4 is 21.5 Å². The van der Waals surface area contributed by atoms with Crippen LogP contribution in [0.1, 0.15) is 32.7 Å². The van der Waals surface area contributed by atoms with Crippen molar-refractivity contribution in [1.82, 2.24) is 33.6 Å². The number of aromatic nitrogens is 7. The maximum atomic E-state index is 13.1. The molecule has 0 unspecified atom stereocenters. The summed E-state index contributed by atoms with van der Waals surface area (Å²) in [5, 5.41) is 11.8. The summed E-state index contributed by atoms with van der Waals surface area (Å²) in [6.07, 6.45) is 7.01. The molecule has 38 heavy (non-hydrogen) atoms. The van der Waals surface area contributed by atoms with Crippen LogP contribution in [0.25, 0.3) is 22.4 Å². The second kappa shape index (κ2) is 9.89. The molecule has 4 aromatic rings. The van der Waals surface area contributed by atoms with Gasteiger partial charge in [0.05, 0.1) is 18.1 Å². The Hall–Kier alpha value is -4.86. The van der Waals surface area contributed by atoms with Gasteiger partial charge in [-0.1, -0.05) is 6.07 Å². The highest BCUT2D eigenvalue weighted by molar-refractivity contribution is 5.93. The van der Waals surface area contributed by atoms with Crippen LogP contribution in [-0.2, 0) is 18.4 Å². The zero-order valence-electron chi connectivity index (χ0n) is 21.2. The largest absolute Gasteiger partial charge is 0.338 e. The third-order valence-corrected chi connectivity index (χ3v) is 6.83. The number of fused-ring (bicyclic) bond motifs is 1. The van der Waals surface area contributed by atoms with Crippen LogP contribution >= 0.6 is 0 Å². The lowest BCUT2D eigenvalue weighted by atomic mass is 10.2. The molecule has 2 atom stereocenters. The van der Waals surface area contributed by atoms with Crippen molar-refractivity contribution in [1.29, 1.82) is 5.26 Å². The van der Waals surface area contributed by atoms with E-state index in [9.17, 15) is 14.4 Å². The lowest BCUT2D eigenvalue weighted by Gasteiger charge is -2.21. The molecule has 1 fully saturated rings. The van der Waals surface area contributed by atoms with Crippen LogP contribution in [0.15, 0.2) is 46.5 Å². The standard InChI is InChI=1S/C25H26N10O3/c1-15-6-5-10-33(15)24-27-12-17(13-28-24)18-7-4-8-19(30-18)31-22(36)16(2)35-14-29-21-20(35)23(37)34(11-9-26)25(38)32(21)3/h4,7-8,12-16H,5-6,10-11H2,1-3H3,(H,30,31,36)/t15-,16-/m0/s1. The fourth-order valence-corrected chi connectivity index (χ4v) is 4.65. The molecule has 5 heterocycles. The fourth-order valence-electron chi connectivity index (χ4n) is 4.65. The van der Waals surface area contributed by atoms with Gasteiger partial charge in [-0.15, -0.1) is 0 Å². The Kier molecular flexibility index (Phi) is 6.46. The van der Waals surface area contributed by atoms with Gasteiger partial charge >= 0.3 is 5.69 Å². The summed E-state index contributed by atoms with van der Waals surface area (Å²) in [4.78, 5) is 58.4. The van der Waals surface area contributed by atoms with Crippen molar-refractivity contribution in [2.45, 2.75) is 45.3 Å². The van der Waals surface area contributed by atoms with Gasteiger partial charge in [0.15, 0.2) is 11.2 Å². The van der Waals surface area contributed by atoms with Crippen LogP contribution in [-0.4, -0.2) is 52.1 Å². The normalized spacial score (nSPS) is 15.9. The molecule has 0 bridgehead atoms. The number of nitrogens with one attached hydrogen (secondary N) is 1. The van der Waals surface area contributed by atoms with Crippen molar-refractivity contribution in [2.24, 2.45) is 7.05 Å². The van der Waals surface area contributed by atoms with Gasteiger partial charge in [0, 0.05) is 37.6 Å². The Labute approximate surface area is 217 Å². The zero-order valence-corrected chi connectivity index (χ0v) is 21.2. The number of carbonyl (C=O) groups is 1. The van der Waals surface area contributed by atoms with Crippen LogP contribution in [0.2, 0.25) is 0 Å². The molecule has 0 radical (unpaired) electrons. The van der Waals surface area contributed by atoms with Crippen LogP contribution in [0.5, 0.6) is 0 Å². The highest BCUT2D eigenvalue weighted by Crippen LogP contribution is 2.24. The predicted molar refractivity (Wildman–Crippen MR) is 139 cm³/mol. The van der Waals surface area contributed by atoms with Crippen molar-refractivity contribution in [3.8, 4) is 17.3 Å². The Balaban J connectivity index is 1.38. The lowest BCUT2D eigenvalue weighted by molar-refractivity contribution is -0.118. The summed E-state index contributed by atoms with van der Waals surface area (Å²) >= 11 is 0. The van der Waals surface area contributed by atoms with Gasteiger partial charge in [-0.25, -0.2) is 29.3 Å². The quantitative estimate of drug-likeness (QED) is 0.402. The first-order valence-electron chi connectivity index (χ1n) is 12.2. The summed E-state index contributed by atoms with van der Waals surface area (Å²) < 4.78 is 3.38. The number of carbonyl (C=O) groups excluding carboxylic acids is 1. The molecule has 0 saturated carbocycles. The Morgan fingerprint density at radius 2 is 2.00 bits per heavy atom. The van der Waals surface area contributed by atoms with E-state index >= 15 is 0 Å².